The maximum absolute atomic E-state index is 7.94. The van der Waals surface area contributed by atoms with Crippen LogP contribution in [0, 0.1) is 0 Å². The highest BCUT2D eigenvalue weighted by Gasteiger charge is 2.51. The molecule has 8 aromatic rings. The Labute approximate surface area is 409 Å². The van der Waals surface area contributed by atoms with Gasteiger partial charge in [-0.25, -0.2) is 0 Å². The van der Waals surface area contributed by atoms with Crippen molar-refractivity contribution in [2.45, 2.75) is 37.0 Å². The molecule has 8 rings (SSSR count). The summed E-state index contributed by atoms with van der Waals surface area (Å²) < 4.78 is 15.7. The zero-order valence-electron chi connectivity index (χ0n) is 39.3. The molecular weight excluding hydrogens is 897 g/mol. The number of hydrogen-bond acceptors (Lipinski definition) is 6. The lowest BCUT2D eigenvalue weighted by Crippen LogP contribution is -2.73. The van der Waals surface area contributed by atoms with Crippen molar-refractivity contribution in [3.05, 3.63) is 243 Å². The van der Waals surface area contributed by atoms with Crippen LogP contribution in [0.1, 0.15) is 12.8 Å². The molecule has 6 nitrogen and oxygen atoms in total. The molecule has 0 unspecified atom stereocenters. The zero-order chi connectivity index (χ0) is 47.4. The normalized spacial score (nSPS) is 11.9. The van der Waals surface area contributed by atoms with E-state index in [0.717, 1.165) is 37.0 Å². The van der Waals surface area contributed by atoms with Crippen molar-refractivity contribution in [2.75, 3.05) is 26.2 Å². The van der Waals surface area contributed by atoms with Crippen LogP contribution < -0.4 is 64.4 Å². The quantitative estimate of drug-likeness (QED) is 0.0652. The molecule has 0 bridgehead atoms. The first-order valence-electron chi connectivity index (χ1n) is 24.1. The molecule has 68 heavy (non-hydrogen) atoms. The van der Waals surface area contributed by atoms with Gasteiger partial charge in [-0.1, -0.05) is 243 Å². The van der Waals surface area contributed by atoms with Gasteiger partial charge in [0, 0.05) is 0 Å². The minimum atomic E-state index is -2.70. The SMILES string of the molecule is NCCC[Si](O[Si](CCCN)(c1ccccc1)c1ccccc1)(c1ccccc1)c1ccccc1.NCC[Si](O[Si](CCN)(c1ccccc1)c1ccccc1)(c1ccccc1)c1ccccc1. The first-order valence-corrected chi connectivity index (χ1v) is 32.6. The van der Waals surface area contributed by atoms with Crippen LogP contribution >= 0.6 is 0 Å². The molecule has 0 spiro atoms. The number of nitrogens with two attached hydrogens (primary N) is 4. The molecule has 0 saturated carbocycles. The third kappa shape index (κ3) is 11.4. The van der Waals surface area contributed by atoms with Crippen LogP contribution in [0.3, 0.4) is 0 Å². The van der Waals surface area contributed by atoms with E-state index in [0.29, 0.717) is 26.2 Å². The summed E-state index contributed by atoms with van der Waals surface area (Å²) in [6.07, 6.45) is 1.84. The molecule has 0 fully saturated rings. The lowest BCUT2D eigenvalue weighted by Gasteiger charge is -2.43. The third-order valence-electron chi connectivity index (χ3n) is 13.1. The van der Waals surface area contributed by atoms with Gasteiger partial charge in [0.15, 0.2) is 0 Å². The molecule has 0 aliphatic carbocycles. The van der Waals surface area contributed by atoms with Crippen LogP contribution in [0.15, 0.2) is 243 Å². The predicted molar refractivity (Wildman–Crippen MR) is 298 cm³/mol. The topological polar surface area (TPSA) is 123 Å². The summed E-state index contributed by atoms with van der Waals surface area (Å²) >= 11 is 0. The molecular formula is C58H68N4O2Si4. The van der Waals surface area contributed by atoms with Crippen LogP contribution in [0.5, 0.6) is 0 Å². The summed E-state index contributed by atoms with van der Waals surface area (Å²) in [4.78, 5) is 0. The molecule has 0 saturated heterocycles. The van der Waals surface area contributed by atoms with Crippen LogP contribution in [-0.4, -0.2) is 59.4 Å². The third-order valence-corrected chi connectivity index (χ3v) is 32.9. The molecule has 0 amide bonds. The van der Waals surface area contributed by atoms with E-state index in [9.17, 15) is 0 Å². The van der Waals surface area contributed by atoms with Gasteiger partial charge in [0.05, 0.1) is 0 Å². The van der Waals surface area contributed by atoms with E-state index in [1.165, 1.54) is 41.5 Å². The van der Waals surface area contributed by atoms with Gasteiger partial charge in [-0.3, -0.25) is 0 Å². The van der Waals surface area contributed by atoms with E-state index < -0.39 is 33.3 Å². The van der Waals surface area contributed by atoms with E-state index >= 15 is 0 Å². The van der Waals surface area contributed by atoms with Crippen molar-refractivity contribution in [2.24, 2.45) is 22.9 Å². The average Bonchev–Trinajstić information content (AvgIpc) is 3.42. The first-order chi connectivity index (χ1) is 33.5. The molecule has 0 heterocycles. The van der Waals surface area contributed by atoms with Crippen molar-refractivity contribution in [1.29, 1.82) is 0 Å². The number of benzene rings is 8. The number of hydrogen-bond donors (Lipinski definition) is 4. The van der Waals surface area contributed by atoms with Crippen LogP contribution in [-0.2, 0) is 8.23 Å². The number of rotatable bonds is 22. The Bertz CT molecular complexity index is 2280. The molecule has 8 aromatic carbocycles. The summed E-state index contributed by atoms with van der Waals surface area (Å²) in [6.45, 7) is 2.41. The largest absolute Gasteiger partial charge is 0.442 e. The van der Waals surface area contributed by atoms with Gasteiger partial charge >= 0.3 is 0 Å². The fraction of sp³-hybridized carbons (Fsp3) is 0.172. The van der Waals surface area contributed by atoms with Crippen molar-refractivity contribution >= 4 is 74.8 Å². The predicted octanol–water partition coefficient (Wildman–Crippen LogP) is 5.66. The molecule has 0 aromatic heterocycles. The van der Waals surface area contributed by atoms with Crippen molar-refractivity contribution in [3.63, 3.8) is 0 Å². The Morgan fingerprint density at radius 2 is 0.382 bits per heavy atom. The lowest BCUT2D eigenvalue weighted by atomic mass is 10.4. The van der Waals surface area contributed by atoms with E-state index in [1.807, 2.05) is 0 Å². The van der Waals surface area contributed by atoms with Gasteiger partial charge in [0.2, 0.25) is 33.3 Å². The van der Waals surface area contributed by atoms with Gasteiger partial charge in [-0.2, -0.15) is 0 Å². The summed E-state index contributed by atoms with van der Waals surface area (Å²) in [5.41, 5.74) is 24.8. The van der Waals surface area contributed by atoms with E-state index in [4.69, 9.17) is 31.2 Å². The minimum absolute atomic E-state index is 0.562. The Kier molecular flexibility index (Phi) is 18.6. The highest BCUT2D eigenvalue weighted by molar-refractivity contribution is 7.10. The van der Waals surface area contributed by atoms with E-state index in [-0.39, 0.29) is 0 Å². The van der Waals surface area contributed by atoms with Gasteiger partial charge in [-0.05, 0) is 105 Å². The Morgan fingerprint density at radius 1 is 0.221 bits per heavy atom. The molecule has 0 atom stereocenters. The molecule has 348 valence electrons. The Balaban J connectivity index is 0.000000202. The fourth-order valence-electron chi connectivity index (χ4n) is 9.86. The maximum Gasteiger partial charge on any atom is 0.246 e. The fourth-order valence-corrected chi connectivity index (χ4v) is 31.7. The summed E-state index contributed by atoms with van der Waals surface area (Å²) in [5, 5.41) is 10.2. The Morgan fingerprint density at radius 3 is 0.529 bits per heavy atom. The van der Waals surface area contributed by atoms with E-state index in [2.05, 4.69) is 243 Å². The molecule has 10 heteroatoms. The molecule has 8 N–H and O–H groups in total. The minimum Gasteiger partial charge on any atom is -0.442 e. The van der Waals surface area contributed by atoms with Gasteiger partial charge < -0.3 is 31.2 Å². The van der Waals surface area contributed by atoms with Gasteiger partial charge in [0.1, 0.15) is 0 Å². The lowest BCUT2D eigenvalue weighted by molar-refractivity contribution is 0.559. The first kappa shape index (κ1) is 50.3. The highest BCUT2D eigenvalue weighted by atomic mass is 28.4. The Hall–Kier alpha value is -5.61. The second kappa shape index (κ2) is 25.1. The van der Waals surface area contributed by atoms with Gasteiger partial charge in [-0.15, -0.1) is 0 Å². The van der Waals surface area contributed by atoms with Crippen LogP contribution in [0.25, 0.3) is 0 Å². The van der Waals surface area contributed by atoms with Crippen molar-refractivity contribution in [3.8, 4) is 0 Å². The van der Waals surface area contributed by atoms with Crippen LogP contribution in [0.4, 0.5) is 0 Å². The second-order valence-corrected chi connectivity index (χ2v) is 32.2. The van der Waals surface area contributed by atoms with Gasteiger partial charge in [0.25, 0.3) is 0 Å². The molecule has 0 aliphatic rings. The van der Waals surface area contributed by atoms with Crippen molar-refractivity contribution in [1.82, 2.24) is 0 Å². The van der Waals surface area contributed by atoms with Crippen LogP contribution in [0.2, 0.25) is 24.2 Å². The summed E-state index contributed by atoms with van der Waals surface area (Å²) in [5.74, 6) is 0. The van der Waals surface area contributed by atoms with Crippen molar-refractivity contribution < 1.29 is 8.23 Å². The molecule has 0 aliphatic heterocycles. The summed E-state index contributed by atoms with van der Waals surface area (Å²) in [7, 11) is -10.8. The standard InChI is InChI=1S/C30H36N2OSi2.C28H32N2OSi2/c31-23-13-25-34(27-15-5-1-6-16-27,28-17-7-2-8-18-28)33-35(26-14-24-32,29-19-9-3-10-20-29)30-21-11-4-12-22-30;29-21-23-32(25-13-5-1-6-14-25,26-15-7-2-8-16-26)31-33(24-22-30,27-17-9-3-10-18-27)28-19-11-4-12-20-28/h1-12,15-22H,13-14,23-26,31-32H2;1-20H,21-24,29-30H2. The zero-order valence-corrected chi connectivity index (χ0v) is 43.3. The second-order valence-electron chi connectivity index (χ2n) is 17.3. The molecule has 0 radical (unpaired) electrons. The maximum atomic E-state index is 7.94. The smallest absolute Gasteiger partial charge is 0.246 e. The van der Waals surface area contributed by atoms with E-state index in [1.54, 1.807) is 0 Å². The average molecular weight is 966 g/mol. The highest BCUT2D eigenvalue weighted by Crippen LogP contribution is 2.26. The summed E-state index contributed by atoms with van der Waals surface area (Å²) in [6, 6.07) is 89.9. The monoisotopic (exact) mass is 964 g/mol.